The molecule has 3 nitrogen and oxygen atoms in total. The summed E-state index contributed by atoms with van der Waals surface area (Å²) in [6.45, 7) is 3.03. The molecular weight excluding hydrogens is 322 g/mol. The van der Waals surface area contributed by atoms with Gasteiger partial charge in [0.2, 0.25) is 0 Å². The van der Waals surface area contributed by atoms with Crippen molar-refractivity contribution in [2.24, 2.45) is 5.92 Å². The van der Waals surface area contributed by atoms with Gasteiger partial charge in [0, 0.05) is 11.6 Å². The average molecular weight is 344 g/mol. The van der Waals surface area contributed by atoms with E-state index >= 15 is 0 Å². The molecule has 1 N–H and O–H groups in total. The molecule has 1 saturated heterocycles. The minimum Gasteiger partial charge on any atom is -0.478 e. The van der Waals surface area contributed by atoms with Crippen molar-refractivity contribution < 1.29 is 9.90 Å². The molecule has 0 aliphatic carbocycles. The lowest BCUT2D eigenvalue weighted by atomic mass is 9.88. The molecule has 1 aliphatic heterocycles. The van der Waals surface area contributed by atoms with E-state index in [9.17, 15) is 9.90 Å². The van der Waals surface area contributed by atoms with E-state index < -0.39 is 5.97 Å². The number of piperidine rings is 1. The lowest BCUT2D eigenvalue weighted by Crippen LogP contribution is -2.34. The summed E-state index contributed by atoms with van der Waals surface area (Å²) in [6.07, 6.45) is 3.07. The van der Waals surface area contributed by atoms with Crippen LogP contribution in [0.3, 0.4) is 0 Å². The smallest absolute Gasteiger partial charge is 0.335 e. The van der Waals surface area contributed by atoms with Gasteiger partial charge in [-0.15, -0.1) is 0 Å². The molecule has 0 atom stereocenters. The number of carboxylic acids is 1. The molecule has 126 valence electrons. The van der Waals surface area contributed by atoms with Crippen LogP contribution in [-0.4, -0.2) is 29.1 Å². The van der Waals surface area contributed by atoms with Gasteiger partial charge >= 0.3 is 5.97 Å². The highest BCUT2D eigenvalue weighted by atomic mass is 35.5. The van der Waals surface area contributed by atoms with Gasteiger partial charge in [-0.2, -0.15) is 0 Å². The number of likely N-dealkylation sites (tertiary alicyclic amines) is 1. The highest BCUT2D eigenvalue weighted by Crippen LogP contribution is 2.24. The molecule has 0 saturated carbocycles. The van der Waals surface area contributed by atoms with Crippen LogP contribution in [0.25, 0.3) is 0 Å². The van der Waals surface area contributed by atoms with E-state index in [4.69, 9.17) is 11.6 Å². The Balaban J connectivity index is 1.55. The molecule has 4 heteroatoms. The molecule has 0 spiro atoms. The van der Waals surface area contributed by atoms with Crippen LogP contribution in [0.5, 0.6) is 0 Å². The summed E-state index contributed by atoms with van der Waals surface area (Å²) < 4.78 is 0. The summed E-state index contributed by atoms with van der Waals surface area (Å²) >= 11 is 6.05. The summed E-state index contributed by atoms with van der Waals surface area (Å²) in [6, 6.07) is 15.4. The van der Waals surface area contributed by atoms with Crippen LogP contribution >= 0.6 is 11.6 Å². The number of hydrogen-bond acceptors (Lipinski definition) is 2. The molecule has 0 radical (unpaired) electrons. The zero-order valence-electron chi connectivity index (χ0n) is 13.6. The lowest BCUT2D eigenvalue weighted by molar-refractivity contribution is 0.0695. The summed E-state index contributed by atoms with van der Waals surface area (Å²) in [5.74, 6) is -0.273. The lowest BCUT2D eigenvalue weighted by Gasteiger charge is -2.32. The number of carboxylic acid groups (broad SMARTS) is 1. The van der Waals surface area contributed by atoms with Crippen LogP contribution < -0.4 is 0 Å². The van der Waals surface area contributed by atoms with Crippen molar-refractivity contribution in [2.45, 2.75) is 25.8 Å². The van der Waals surface area contributed by atoms with Crippen LogP contribution in [-0.2, 0) is 13.0 Å². The number of rotatable bonds is 5. The predicted octanol–water partition coefficient (Wildman–Crippen LogP) is 4.49. The summed E-state index contributed by atoms with van der Waals surface area (Å²) in [5, 5.41) is 10.1. The van der Waals surface area contributed by atoms with Crippen molar-refractivity contribution in [3.8, 4) is 0 Å². The number of hydrogen-bond donors (Lipinski definition) is 1. The molecule has 0 aromatic heterocycles. The second-order valence-corrected chi connectivity index (χ2v) is 6.95. The molecule has 1 aliphatic rings. The van der Waals surface area contributed by atoms with Gasteiger partial charge in [0.15, 0.2) is 0 Å². The third-order valence-corrected chi connectivity index (χ3v) is 4.99. The second kappa shape index (κ2) is 7.82. The fraction of sp³-hybridized carbons (Fsp3) is 0.350. The normalized spacial score (nSPS) is 16.2. The molecule has 2 aromatic rings. The quantitative estimate of drug-likeness (QED) is 0.869. The first kappa shape index (κ1) is 17.0. The molecule has 1 fully saturated rings. The van der Waals surface area contributed by atoms with Gasteiger partial charge < -0.3 is 5.11 Å². The van der Waals surface area contributed by atoms with Gasteiger partial charge in [-0.1, -0.05) is 41.9 Å². The zero-order valence-corrected chi connectivity index (χ0v) is 14.4. The van der Waals surface area contributed by atoms with E-state index in [1.165, 1.54) is 5.56 Å². The van der Waals surface area contributed by atoms with Crippen LogP contribution in [0.4, 0.5) is 0 Å². The van der Waals surface area contributed by atoms with Gasteiger partial charge in [-0.05, 0) is 67.6 Å². The van der Waals surface area contributed by atoms with E-state index in [1.54, 1.807) is 12.1 Å². The second-order valence-electron chi connectivity index (χ2n) is 6.52. The Bertz CT molecular complexity index is 708. The predicted molar refractivity (Wildman–Crippen MR) is 96.6 cm³/mol. The average Bonchev–Trinajstić information content (AvgIpc) is 2.57. The maximum absolute atomic E-state index is 11.3. The van der Waals surface area contributed by atoms with Crippen molar-refractivity contribution in [3.63, 3.8) is 0 Å². The van der Waals surface area contributed by atoms with Crippen molar-refractivity contribution in [1.82, 2.24) is 4.90 Å². The van der Waals surface area contributed by atoms with Crippen molar-refractivity contribution in [3.05, 3.63) is 70.2 Å². The number of benzene rings is 2. The van der Waals surface area contributed by atoms with E-state index in [-0.39, 0.29) is 0 Å². The molecule has 24 heavy (non-hydrogen) atoms. The number of carbonyl (C=O) groups is 1. The molecule has 1 heterocycles. The van der Waals surface area contributed by atoms with E-state index in [2.05, 4.69) is 11.0 Å². The number of nitrogens with zero attached hydrogens (tertiary/aromatic N) is 1. The van der Waals surface area contributed by atoms with Gasteiger partial charge in [0.05, 0.1) is 5.56 Å². The standard InChI is InChI=1S/C20H22ClNO2/c21-18-6-3-4-16(13-18)14-22-10-8-15(9-11-22)12-17-5-1-2-7-19(17)20(23)24/h1-7,13,15H,8-12,14H2,(H,23,24). The van der Waals surface area contributed by atoms with Crippen LogP contribution in [0.15, 0.2) is 48.5 Å². The molecule has 3 rings (SSSR count). The largest absolute Gasteiger partial charge is 0.478 e. The van der Waals surface area contributed by atoms with Crippen LogP contribution in [0, 0.1) is 5.92 Å². The fourth-order valence-electron chi connectivity index (χ4n) is 3.46. The van der Waals surface area contributed by atoms with Crippen molar-refractivity contribution >= 4 is 17.6 Å². The third kappa shape index (κ3) is 4.37. The SMILES string of the molecule is O=C(O)c1ccccc1CC1CCN(Cc2cccc(Cl)c2)CC1. The van der Waals surface area contributed by atoms with E-state index in [0.29, 0.717) is 11.5 Å². The first-order chi connectivity index (χ1) is 11.6. The molecular formula is C20H22ClNO2. The Morgan fingerprint density at radius 2 is 1.88 bits per heavy atom. The highest BCUT2D eigenvalue weighted by molar-refractivity contribution is 6.30. The van der Waals surface area contributed by atoms with Crippen LogP contribution in [0.2, 0.25) is 5.02 Å². The Hall–Kier alpha value is -1.84. The fourth-order valence-corrected chi connectivity index (χ4v) is 3.67. The minimum absolute atomic E-state index is 0.443. The van der Waals surface area contributed by atoms with Crippen molar-refractivity contribution in [2.75, 3.05) is 13.1 Å². The summed E-state index contributed by atoms with van der Waals surface area (Å²) in [4.78, 5) is 13.8. The Kier molecular flexibility index (Phi) is 5.54. The Morgan fingerprint density at radius 1 is 1.12 bits per heavy atom. The minimum atomic E-state index is -0.830. The van der Waals surface area contributed by atoms with Gasteiger partial charge in [0.25, 0.3) is 0 Å². The zero-order chi connectivity index (χ0) is 16.9. The molecule has 0 bridgehead atoms. The third-order valence-electron chi connectivity index (χ3n) is 4.76. The van der Waals surface area contributed by atoms with Gasteiger partial charge in [-0.25, -0.2) is 4.79 Å². The molecule has 0 unspecified atom stereocenters. The summed E-state index contributed by atoms with van der Waals surface area (Å²) in [7, 11) is 0. The van der Waals surface area contributed by atoms with E-state index in [0.717, 1.165) is 49.5 Å². The maximum Gasteiger partial charge on any atom is 0.335 e. The highest BCUT2D eigenvalue weighted by Gasteiger charge is 2.21. The summed E-state index contributed by atoms with van der Waals surface area (Å²) in [5.41, 5.74) is 2.65. The maximum atomic E-state index is 11.3. The first-order valence-electron chi connectivity index (χ1n) is 8.40. The first-order valence-corrected chi connectivity index (χ1v) is 8.77. The van der Waals surface area contributed by atoms with Crippen molar-refractivity contribution in [1.29, 1.82) is 0 Å². The topological polar surface area (TPSA) is 40.5 Å². The molecule has 0 amide bonds. The monoisotopic (exact) mass is 343 g/mol. The number of aromatic carboxylic acids is 1. The Labute approximate surface area is 147 Å². The van der Waals surface area contributed by atoms with E-state index in [1.807, 2.05) is 30.3 Å². The molecule has 2 aromatic carbocycles. The van der Waals surface area contributed by atoms with Crippen LogP contribution in [0.1, 0.15) is 34.3 Å². The Morgan fingerprint density at radius 3 is 2.58 bits per heavy atom. The van der Waals surface area contributed by atoms with Gasteiger partial charge in [-0.3, -0.25) is 4.90 Å². The van der Waals surface area contributed by atoms with Gasteiger partial charge in [0.1, 0.15) is 0 Å². The number of halogens is 1.